The van der Waals surface area contributed by atoms with E-state index in [2.05, 4.69) is 14.8 Å². The molecule has 1 aromatic rings. The molecule has 0 unspecified atom stereocenters. The maximum atomic E-state index is 12.4. The van der Waals surface area contributed by atoms with Gasteiger partial charge in [0.1, 0.15) is 10.6 Å². The van der Waals surface area contributed by atoms with Crippen LogP contribution in [0.1, 0.15) is 19.8 Å². The van der Waals surface area contributed by atoms with Crippen molar-refractivity contribution < 1.29 is 26.3 Å². The van der Waals surface area contributed by atoms with Crippen molar-refractivity contribution in [2.75, 3.05) is 19.6 Å². The molecule has 1 aromatic carbocycles. The number of ether oxygens (including phenoxy) is 1. The third kappa shape index (κ3) is 5.08. The minimum absolute atomic E-state index is 0.164. The predicted molar refractivity (Wildman–Crippen MR) is 78.5 cm³/mol. The number of nitrogens with one attached hydrogen (secondary N) is 2. The molecule has 9 heteroatoms. The van der Waals surface area contributed by atoms with E-state index < -0.39 is 27.0 Å². The molecule has 1 aliphatic heterocycles. The van der Waals surface area contributed by atoms with Gasteiger partial charge in [-0.1, -0.05) is 19.1 Å². The molecule has 1 heterocycles. The number of sulfonamides is 1. The molecule has 0 bridgehead atoms. The number of benzene rings is 1. The SMILES string of the molecule is CC1(CNS(=O)(=O)c2ccccc2OC(F)(F)F)CCNCC1. The third-order valence-corrected chi connectivity index (χ3v) is 5.30. The number of rotatable bonds is 5. The van der Waals surface area contributed by atoms with Crippen LogP contribution in [0.5, 0.6) is 5.75 Å². The van der Waals surface area contributed by atoms with Gasteiger partial charge in [-0.2, -0.15) is 0 Å². The van der Waals surface area contributed by atoms with Gasteiger partial charge in [0.15, 0.2) is 0 Å². The maximum absolute atomic E-state index is 12.4. The fourth-order valence-corrected chi connectivity index (χ4v) is 3.76. The van der Waals surface area contributed by atoms with Crippen molar-refractivity contribution in [1.29, 1.82) is 0 Å². The van der Waals surface area contributed by atoms with E-state index in [0.717, 1.165) is 38.1 Å². The minimum Gasteiger partial charge on any atom is -0.404 e. The Labute approximate surface area is 133 Å². The van der Waals surface area contributed by atoms with Crippen LogP contribution >= 0.6 is 0 Å². The molecule has 23 heavy (non-hydrogen) atoms. The summed E-state index contributed by atoms with van der Waals surface area (Å²) in [6.07, 6.45) is -3.38. The molecule has 130 valence electrons. The highest BCUT2D eigenvalue weighted by Crippen LogP contribution is 2.31. The first-order chi connectivity index (χ1) is 10.6. The van der Waals surface area contributed by atoms with E-state index in [-0.39, 0.29) is 12.0 Å². The van der Waals surface area contributed by atoms with Crippen molar-refractivity contribution in [3.05, 3.63) is 24.3 Å². The molecule has 0 radical (unpaired) electrons. The fourth-order valence-electron chi connectivity index (χ4n) is 2.44. The maximum Gasteiger partial charge on any atom is 0.573 e. The Morgan fingerprint density at radius 3 is 2.48 bits per heavy atom. The van der Waals surface area contributed by atoms with Crippen LogP contribution in [0.15, 0.2) is 29.2 Å². The van der Waals surface area contributed by atoms with Crippen molar-refractivity contribution >= 4 is 10.0 Å². The van der Waals surface area contributed by atoms with E-state index in [1.54, 1.807) is 0 Å². The number of piperidine rings is 1. The van der Waals surface area contributed by atoms with E-state index in [4.69, 9.17) is 0 Å². The average molecular weight is 352 g/mol. The number of para-hydroxylation sites is 1. The zero-order valence-electron chi connectivity index (χ0n) is 12.6. The second-order valence-corrected chi connectivity index (χ2v) is 7.62. The van der Waals surface area contributed by atoms with Crippen LogP contribution in [-0.2, 0) is 10.0 Å². The smallest absolute Gasteiger partial charge is 0.404 e. The van der Waals surface area contributed by atoms with Crippen molar-refractivity contribution in [3.8, 4) is 5.75 Å². The standard InChI is InChI=1S/C14H19F3N2O3S/c1-13(6-8-18-9-7-13)10-19-23(20,21)12-5-3-2-4-11(12)22-14(15,16)17/h2-5,18-19H,6-10H2,1H3. The molecule has 0 amide bonds. The summed E-state index contributed by atoms with van der Waals surface area (Å²) in [4.78, 5) is -0.519. The zero-order valence-corrected chi connectivity index (χ0v) is 13.4. The second kappa shape index (κ2) is 6.66. The van der Waals surface area contributed by atoms with Crippen LogP contribution in [0.2, 0.25) is 0 Å². The molecule has 0 aliphatic carbocycles. The molecule has 0 saturated carbocycles. The van der Waals surface area contributed by atoms with Crippen LogP contribution in [0.25, 0.3) is 0 Å². The lowest BCUT2D eigenvalue weighted by Crippen LogP contribution is -2.42. The third-order valence-electron chi connectivity index (χ3n) is 3.86. The van der Waals surface area contributed by atoms with E-state index in [9.17, 15) is 21.6 Å². The first-order valence-corrected chi connectivity index (χ1v) is 8.65. The highest BCUT2D eigenvalue weighted by molar-refractivity contribution is 7.89. The number of alkyl halides is 3. The monoisotopic (exact) mass is 352 g/mol. The molecule has 0 spiro atoms. The average Bonchev–Trinajstić information content (AvgIpc) is 2.45. The molecule has 1 fully saturated rings. The quantitative estimate of drug-likeness (QED) is 0.853. The predicted octanol–water partition coefficient (Wildman–Crippen LogP) is 2.25. The van der Waals surface area contributed by atoms with Gasteiger partial charge in [-0.15, -0.1) is 13.2 Å². The zero-order chi connectivity index (χ0) is 17.1. The lowest BCUT2D eigenvalue weighted by molar-refractivity contribution is -0.275. The molecule has 5 nitrogen and oxygen atoms in total. The minimum atomic E-state index is -4.95. The molecule has 2 rings (SSSR count). The highest BCUT2D eigenvalue weighted by Gasteiger charge is 2.35. The van der Waals surface area contributed by atoms with Gasteiger partial charge in [0.25, 0.3) is 0 Å². The Kier molecular flexibility index (Phi) is 5.22. The summed E-state index contributed by atoms with van der Waals surface area (Å²) < 4.78 is 68.1. The molecular weight excluding hydrogens is 333 g/mol. The van der Waals surface area contributed by atoms with Crippen LogP contribution in [0.4, 0.5) is 13.2 Å². The lowest BCUT2D eigenvalue weighted by atomic mass is 9.81. The van der Waals surface area contributed by atoms with Gasteiger partial charge in [-0.05, 0) is 43.5 Å². The van der Waals surface area contributed by atoms with Crippen LogP contribution in [0.3, 0.4) is 0 Å². The molecule has 1 saturated heterocycles. The van der Waals surface area contributed by atoms with Gasteiger partial charge in [-0.25, -0.2) is 13.1 Å². The van der Waals surface area contributed by atoms with Crippen LogP contribution in [-0.4, -0.2) is 34.4 Å². The molecule has 2 N–H and O–H groups in total. The van der Waals surface area contributed by atoms with Crippen molar-refractivity contribution in [1.82, 2.24) is 10.0 Å². The second-order valence-electron chi connectivity index (χ2n) is 5.88. The normalized spacial score (nSPS) is 18.6. The van der Waals surface area contributed by atoms with Gasteiger partial charge in [0.05, 0.1) is 0 Å². The summed E-state index contributed by atoms with van der Waals surface area (Å²) in [6, 6.07) is 4.71. The van der Waals surface area contributed by atoms with Crippen molar-refractivity contribution in [3.63, 3.8) is 0 Å². The van der Waals surface area contributed by atoms with Crippen molar-refractivity contribution in [2.24, 2.45) is 5.41 Å². The van der Waals surface area contributed by atoms with Crippen molar-refractivity contribution in [2.45, 2.75) is 31.0 Å². The molecule has 0 atom stereocenters. The largest absolute Gasteiger partial charge is 0.573 e. The van der Waals surface area contributed by atoms with Gasteiger partial charge in [0, 0.05) is 6.54 Å². The summed E-state index contributed by atoms with van der Waals surface area (Å²) in [5, 5.41) is 3.18. The first-order valence-electron chi connectivity index (χ1n) is 7.17. The molecular formula is C14H19F3N2O3S. The highest BCUT2D eigenvalue weighted by atomic mass is 32.2. The Bertz CT molecular complexity index is 641. The number of halogens is 3. The number of hydrogen-bond acceptors (Lipinski definition) is 4. The Morgan fingerprint density at radius 1 is 1.26 bits per heavy atom. The first kappa shape index (κ1) is 18.0. The topological polar surface area (TPSA) is 67.4 Å². The fraction of sp³-hybridized carbons (Fsp3) is 0.571. The van der Waals surface area contributed by atoms with Crippen LogP contribution in [0, 0.1) is 5.41 Å². The summed E-state index contributed by atoms with van der Waals surface area (Å²) in [5.74, 6) is -0.733. The summed E-state index contributed by atoms with van der Waals surface area (Å²) in [7, 11) is -4.10. The van der Waals surface area contributed by atoms with Gasteiger partial charge in [-0.3, -0.25) is 0 Å². The van der Waals surface area contributed by atoms with E-state index in [0.29, 0.717) is 0 Å². The summed E-state index contributed by atoms with van der Waals surface area (Å²) in [6.45, 7) is 3.68. The lowest BCUT2D eigenvalue weighted by Gasteiger charge is -2.34. The molecule has 0 aromatic heterocycles. The number of hydrogen-bond donors (Lipinski definition) is 2. The molecule has 1 aliphatic rings. The Morgan fingerprint density at radius 2 is 1.87 bits per heavy atom. The van der Waals surface area contributed by atoms with Gasteiger partial charge < -0.3 is 10.1 Å². The van der Waals surface area contributed by atoms with Gasteiger partial charge >= 0.3 is 6.36 Å². The van der Waals surface area contributed by atoms with Gasteiger partial charge in [0.2, 0.25) is 10.0 Å². The van der Waals surface area contributed by atoms with E-state index in [1.165, 1.54) is 12.1 Å². The Balaban J connectivity index is 2.16. The summed E-state index contributed by atoms with van der Waals surface area (Å²) in [5.41, 5.74) is -0.224. The van der Waals surface area contributed by atoms with E-state index in [1.807, 2.05) is 6.92 Å². The van der Waals surface area contributed by atoms with E-state index >= 15 is 0 Å². The van der Waals surface area contributed by atoms with Crippen LogP contribution < -0.4 is 14.8 Å². The summed E-state index contributed by atoms with van der Waals surface area (Å²) >= 11 is 0. The Hall–Kier alpha value is -1.32.